The van der Waals surface area contributed by atoms with Gasteiger partial charge in [0, 0.05) is 24.8 Å². The Morgan fingerprint density at radius 2 is 2.25 bits per heavy atom. The zero-order valence-electron chi connectivity index (χ0n) is 12.2. The van der Waals surface area contributed by atoms with Crippen LogP contribution in [0.1, 0.15) is 32.3 Å². The molecule has 2 aliphatic heterocycles. The van der Waals surface area contributed by atoms with Gasteiger partial charge in [-0.05, 0) is 44.7 Å². The summed E-state index contributed by atoms with van der Waals surface area (Å²) >= 11 is 0. The molecule has 4 nitrogen and oxygen atoms in total. The molecule has 3 rings (SSSR count). The van der Waals surface area contributed by atoms with Crippen LogP contribution in [0.4, 0.5) is 5.69 Å². The summed E-state index contributed by atoms with van der Waals surface area (Å²) in [6.07, 6.45) is 2.96. The Bertz CT molecular complexity index is 539. The molecule has 0 bridgehead atoms. The van der Waals surface area contributed by atoms with Gasteiger partial charge in [0.2, 0.25) is 5.91 Å². The Morgan fingerprint density at radius 3 is 2.95 bits per heavy atom. The molecule has 1 saturated heterocycles. The molecule has 2 aliphatic rings. The van der Waals surface area contributed by atoms with E-state index in [-0.39, 0.29) is 17.4 Å². The molecule has 1 aromatic carbocycles. The molecule has 20 heavy (non-hydrogen) atoms. The Hall–Kier alpha value is -1.71. The summed E-state index contributed by atoms with van der Waals surface area (Å²) in [7, 11) is 0. The summed E-state index contributed by atoms with van der Waals surface area (Å²) in [5.41, 5.74) is 7.71. The second-order valence-corrected chi connectivity index (χ2v) is 6.49. The fraction of sp³-hybridized carbons (Fsp3) is 0.562. The number of hydrogen-bond donors (Lipinski definition) is 1. The number of hydrogen-bond acceptors (Lipinski definition) is 3. The zero-order chi connectivity index (χ0) is 14.3. The van der Waals surface area contributed by atoms with Gasteiger partial charge in [-0.3, -0.25) is 4.79 Å². The number of fused-ring (bicyclic) bond motifs is 1. The van der Waals surface area contributed by atoms with E-state index in [9.17, 15) is 4.79 Å². The van der Waals surface area contributed by atoms with E-state index in [1.54, 1.807) is 0 Å². The molecule has 1 aromatic rings. The number of ether oxygens (including phenoxy) is 1. The van der Waals surface area contributed by atoms with E-state index in [0.29, 0.717) is 0 Å². The minimum absolute atomic E-state index is 0.0246. The first-order chi connectivity index (χ1) is 9.44. The smallest absolute Gasteiger partial charge is 0.222 e. The summed E-state index contributed by atoms with van der Waals surface area (Å²) in [4.78, 5) is 13.5. The van der Waals surface area contributed by atoms with Crippen molar-refractivity contribution in [2.75, 3.05) is 18.0 Å². The lowest BCUT2D eigenvalue weighted by atomic mass is 9.94. The topological polar surface area (TPSA) is 55.6 Å². The molecule has 0 unspecified atom stereocenters. The molecule has 0 radical (unpaired) electrons. The number of amides is 1. The highest BCUT2D eigenvalue weighted by atomic mass is 16.5. The number of nitrogens with zero attached hydrogens (tertiary/aromatic N) is 1. The molecule has 108 valence electrons. The van der Waals surface area contributed by atoms with Crippen molar-refractivity contribution in [2.45, 2.75) is 38.7 Å². The molecule has 0 spiro atoms. The van der Waals surface area contributed by atoms with Crippen LogP contribution in [0.5, 0.6) is 5.75 Å². The van der Waals surface area contributed by atoms with E-state index in [2.05, 4.69) is 36.9 Å². The maximum Gasteiger partial charge on any atom is 0.222 e. The summed E-state index contributed by atoms with van der Waals surface area (Å²) in [5.74, 6) is 0.771. The highest BCUT2D eigenvalue weighted by Gasteiger charge is 2.29. The molecular formula is C16H22N2O2. The minimum atomic E-state index is -0.192. The van der Waals surface area contributed by atoms with E-state index in [1.807, 2.05) is 0 Å². The number of carbonyl (C=O) groups excluding carboxylic acids is 1. The van der Waals surface area contributed by atoms with Crippen LogP contribution in [-0.2, 0) is 11.2 Å². The minimum Gasteiger partial charge on any atom is -0.487 e. The van der Waals surface area contributed by atoms with Gasteiger partial charge in [0.25, 0.3) is 0 Å². The maximum atomic E-state index is 11.3. The van der Waals surface area contributed by atoms with Gasteiger partial charge in [0.05, 0.1) is 5.92 Å². The quantitative estimate of drug-likeness (QED) is 0.898. The molecule has 1 amide bonds. The van der Waals surface area contributed by atoms with Crippen LogP contribution in [0.2, 0.25) is 0 Å². The fourth-order valence-electron chi connectivity index (χ4n) is 3.05. The Morgan fingerprint density at radius 1 is 1.45 bits per heavy atom. The molecule has 2 N–H and O–H groups in total. The highest BCUT2D eigenvalue weighted by Crippen LogP contribution is 2.36. The lowest BCUT2D eigenvalue weighted by Gasteiger charge is -2.33. The van der Waals surface area contributed by atoms with E-state index in [0.717, 1.165) is 43.8 Å². The van der Waals surface area contributed by atoms with Crippen LogP contribution in [0.15, 0.2) is 18.2 Å². The van der Waals surface area contributed by atoms with Gasteiger partial charge in [-0.15, -0.1) is 0 Å². The second kappa shape index (κ2) is 4.69. The van der Waals surface area contributed by atoms with Gasteiger partial charge >= 0.3 is 0 Å². The van der Waals surface area contributed by atoms with Gasteiger partial charge in [0.1, 0.15) is 11.4 Å². The zero-order valence-corrected chi connectivity index (χ0v) is 12.2. The van der Waals surface area contributed by atoms with Crippen LogP contribution in [0.3, 0.4) is 0 Å². The number of benzene rings is 1. The first-order valence-electron chi connectivity index (χ1n) is 7.31. The lowest BCUT2D eigenvalue weighted by molar-refractivity contribution is -0.121. The van der Waals surface area contributed by atoms with Crippen molar-refractivity contribution in [1.29, 1.82) is 0 Å². The molecular weight excluding hydrogens is 252 g/mol. The van der Waals surface area contributed by atoms with Crippen molar-refractivity contribution in [3.8, 4) is 5.75 Å². The molecule has 0 aromatic heterocycles. The largest absolute Gasteiger partial charge is 0.487 e. The van der Waals surface area contributed by atoms with Crippen LogP contribution in [0, 0.1) is 5.92 Å². The normalized spacial score (nSPS) is 24.1. The monoisotopic (exact) mass is 274 g/mol. The van der Waals surface area contributed by atoms with Crippen LogP contribution in [-0.4, -0.2) is 24.6 Å². The number of primary amides is 1. The van der Waals surface area contributed by atoms with Crippen molar-refractivity contribution >= 4 is 11.6 Å². The Kier molecular flexibility index (Phi) is 3.11. The van der Waals surface area contributed by atoms with Crippen molar-refractivity contribution in [1.82, 2.24) is 0 Å². The van der Waals surface area contributed by atoms with E-state index < -0.39 is 0 Å². The van der Waals surface area contributed by atoms with Crippen LogP contribution >= 0.6 is 0 Å². The van der Waals surface area contributed by atoms with E-state index in [1.165, 1.54) is 5.56 Å². The summed E-state index contributed by atoms with van der Waals surface area (Å²) in [5, 5.41) is 0. The number of nitrogens with two attached hydrogens (primary N) is 1. The highest BCUT2D eigenvalue weighted by molar-refractivity contribution is 5.78. The van der Waals surface area contributed by atoms with Gasteiger partial charge in [-0.2, -0.15) is 0 Å². The first kappa shape index (κ1) is 13.3. The fourth-order valence-corrected chi connectivity index (χ4v) is 3.05. The SMILES string of the molecule is CC1(C)CCc2ccc(N3CC[C@@H](C(N)=O)C3)cc2O1. The van der Waals surface area contributed by atoms with Gasteiger partial charge in [0.15, 0.2) is 0 Å². The third kappa shape index (κ3) is 2.47. The van der Waals surface area contributed by atoms with Crippen molar-refractivity contribution < 1.29 is 9.53 Å². The van der Waals surface area contributed by atoms with Gasteiger partial charge in [-0.25, -0.2) is 0 Å². The second-order valence-electron chi connectivity index (χ2n) is 6.49. The summed E-state index contributed by atoms with van der Waals surface area (Å²) < 4.78 is 6.08. The van der Waals surface area contributed by atoms with Crippen molar-refractivity contribution in [3.63, 3.8) is 0 Å². The number of aryl methyl sites for hydroxylation is 1. The first-order valence-corrected chi connectivity index (χ1v) is 7.31. The number of rotatable bonds is 2. The van der Waals surface area contributed by atoms with Crippen molar-refractivity contribution in [3.05, 3.63) is 23.8 Å². The Labute approximate surface area is 119 Å². The Balaban J connectivity index is 1.81. The molecule has 1 fully saturated rings. The third-order valence-corrected chi connectivity index (χ3v) is 4.39. The summed E-state index contributed by atoms with van der Waals surface area (Å²) in [6, 6.07) is 6.39. The molecule has 1 atom stereocenters. The molecule has 2 heterocycles. The predicted octanol–water partition coefficient (Wildman–Crippen LogP) is 2.10. The van der Waals surface area contributed by atoms with E-state index >= 15 is 0 Å². The van der Waals surface area contributed by atoms with Crippen molar-refractivity contribution in [2.24, 2.45) is 11.7 Å². The average molecular weight is 274 g/mol. The lowest BCUT2D eigenvalue weighted by Crippen LogP contribution is -2.32. The molecule has 0 aliphatic carbocycles. The van der Waals surface area contributed by atoms with Gasteiger partial charge in [-0.1, -0.05) is 6.07 Å². The summed E-state index contributed by atoms with van der Waals surface area (Å²) in [6.45, 7) is 5.86. The maximum absolute atomic E-state index is 11.3. The number of anilines is 1. The standard InChI is InChI=1S/C16H22N2O2/c1-16(2)7-5-11-3-4-13(9-14(11)20-16)18-8-6-12(10-18)15(17)19/h3-4,9,12H,5-8,10H2,1-2H3,(H2,17,19)/t12-/m1/s1. The average Bonchev–Trinajstić information content (AvgIpc) is 2.86. The van der Waals surface area contributed by atoms with Crippen LogP contribution in [0.25, 0.3) is 0 Å². The third-order valence-electron chi connectivity index (χ3n) is 4.39. The molecule has 0 saturated carbocycles. The molecule has 4 heteroatoms. The number of carbonyl (C=O) groups is 1. The van der Waals surface area contributed by atoms with Crippen LogP contribution < -0.4 is 15.4 Å². The van der Waals surface area contributed by atoms with E-state index in [4.69, 9.17) is 10.5 Å². The van der Waals surface area contributed by atoms with Gasteiger partial charge < -0.3 is 15.4 Å². The predicted molar refractivity (Wildman–Crippen MR) is 79.0 cm³/mol.